The number of aromatic nitrogens is 2. The van der Waals surface area contributed by atoms with Crippen molar-refractivity contribution in [2.24, 2.45) is 0 Å². The standard InChI is InChI=1S/C12H17N3O2S/c1-2-3-4-11(16)15-7-5-10(6-8-15)17-12-14-13-9-18-12/h2,9-10H,1,3-8H2. The van der Waals surface area contributed by atoms with Gasteiger partial charge in [-0.15, -0.1) is 16.8 Å². The maximum atomic E-state index is 11.8. The van der Waals surface area contributed by atoms with Crippen LogP contribution in [0.25, 0.3) is 0 Å². The van der Waals surface area contributed by atoms with Gasteiger partial charge in [0.1, 0.15) is 11.6 Å². The average molecular weight is 267 g/mol. The first-order chi connectivity index (χ1) is 8.79. The van der Waals surface area contributed by atoms with Crippen molar-refractivity contribution in [2.75, 3.05) is 13.1 Å². The summed E-state index contributed by atoms with van der Waals surface area (Å²) in [4.78, 5) is 13.7. The van der Waals surface area contributed by atoms with Crippen LogP contribution in [-0.2, 0) is 4.79 Å². The van der Waals surface area contributed by atoms with Gasteiger partial charge in [-0.3, -0.25) is 4.79 Å². The zero-order valence-electron chi connectivity index (χ0n) is 10.2. The van der Waals surface area contributed by atoms with Crippen molar-refractivity contribution < 1.29 is 9.53 Å². The second-order valence-corrected chi connectivity index (χ2v) is 5.03. The van der Waals surface area contributed by atoms with Gasteiger partial charge in [0.25, 0.3) is 5.19 Å². The van der Waals surface area contributed by atoms with Gasteiger partial charge in [-0.2, -0.15) is 0 Å². The van der Waals surface area contributed by atoms with E-state index >= 15 is 0 Å². The third-order valence-electron chi connectivity index (χ3n) is 2.96. The van der Waals surface area contributed by atoms with Gasteiger partial charge in [-0.25, -0.2) is 0 Å². The molecule has 1 aliphatic rings. The minimum atomic E-state index is 0.154. The van der Waals surface area contributed by atoms with Gasteiger partial charge in [0, 0.05) is 32.4 Å². The van der Waals surface area contributed by atoms with E-state index in [2.05, 4.69) is 16.8 Å². The summed E-state index contributed by atoms with van der Waals surface area (Å²) in [5.41, 5.74) is 1.66. The number of hydrogen-bond acceptors (Lipinski definition) is 5. The summed E-state index contributed by atoms with van der Waals surface area (Å²) in [5, 5.41) is 8.21. The molecule has 0 N–H and O–H groups in total. The fraction of sp³-hybridized carbons (Fsp3) is 0.583. The van der Waals surface area contributed by atoms with Crippen molar-refractivity contribution in [1.82, 2.24) is 15.1 Å². The minimum Gasteiger partial charge on any atom is -0.465 e. The van der Waals surface area contributed by atoms with Crippen molar-refractivity contribution in [2.45, 2.75) is 31.8 Å². The molecule has 0 saturated carbocycles. The Labute approximate surface area is 110 Å². The van der Waals surface area contributed by atoms with Crippen molar-refractivity contribution in [3.63, 3.8) is 0 Å². The topological polar surface area (TPSA) is 55.3 Å². The van der Waals surface area contributed by atoms with E-state index in [4.69, 9.17) is 4.74 Å². The molecule has 0 aromatic carbocycles. The molecule has 98 valence electrons. The first-order valence-electron chi connectivity index (χ1n) is 6.11. The van der Waals surface area contributed by atoms with Crippen LogP contribution in [0.2, 0.25) is 0 Å². The normalized spacial score (nSPS) is 16.6. The number of likely N-dealkylation sites (tertiary alicyclic amines) is 1. The second kappa shape index (κ2) is 6.49. The Morgan fingerprint density at radius 1 is 1.61 bits per heavy atom. The molecule has 1 fully saturated rings. The first kappa shape index (κ1) is 13.0. The quantitative estimate of drug-likeness (QED) is 0.764. The maximum absolute atomic E-state index is 11.8. The van der Waals surface area contributed by atoms with Crippen LogP contribution in [0.5, 0.6) is 5.19 Å². The zero-order valence-corrected chi connectivity index (χ0v) is 11.1. The molecule has 0 bridgehead atoms. The monoisotopic (exact) mass is 267 g/mol. The van der Waals surface area contributed by atoms with Crippen LogP contribution >= 0.6 is 11.3 Å². The maximum Gasteiger partial charge on any atom is 0.294 e. The second-order valence-electron chi connectivity index (χ2n) is 4.23. The molecule has 0 radical (unpaired) electrons. The molecule has 1 saturated heterocycles. The fourth-order valence-corrected chi connectivity index (χ4v) is 2.43. The molecule has 18 heavy (non-hydrogen) atoms. The molecule has 1 aromatic rings. The van der Waals surface area contributed by atoms with E-state index in [1.807, 2.05) is 4.90 Å². The molecule has 1 amide bonds. The lowest BCUT2D eigenvalue weighted by Gasteiger charge is -2.31. The largest absolute Gasteiger partial charge is 0.465 e. The number of nitrogens with zero attached hydrogens (tertiary/aromatic N) is 3. The van der Waals surface area contributed by atoms with E-state index in [1.54, 1.807) is 11.6 Å². The van der Waals surface area contributed by atoms with Crippen molar-refractivity contribution >= 4 is 17.2 Å². The Hall–Kier alpha value is -1.43. The smallest absolute Gasteiger partial charge is 0.294 e. The molecule has 0 aliphatic carbocycles. The van der Waals surface area contributed by atoms with Crippen LogP contribution in [0.3, 0.4) is 0 Å². The first-order valence-corrected chi connectivity index (χ1v) is 6.99. The predicted molar refractivity (Wildman–Crippen MR) is 69.6 cm³/mol. The highest BCUT2D eigenvalue weighted by Crippen LogP contribution is 2.20. The zero-order chi connectivity index (χ0) is 12.8. The highest BCUT2D eigenvalue weighted by Gasteiger charge is 2.23. The number of amides is 1. The van der Waals surface area contributed by atoms with E-state index in [9.17, 15) is 4.79 Å². The summed E-state index contributed by atoms with van der Waals surface area (Å²) < 4.78 is 5.70. The van der Waals surface area contributed by atoms with Gasteiger partial charge in [0.2, 0.25) is 5.91 Å². The molecule has 6 heteroatoms. The molecule has 1 aliphatic heterocycles. The van der Waals surface area contributed by atoms with Crippen LogP contribution in [0.4, 0.5) is 0 Å². The highest BCUT2D eigenvalue weighted by atomic mass is 32.1. The lowest BCUT2D eigenvalue weighted by molar-refractivity contribution is -0.132. The van der Waals surface area contributed by atoms with E-state index < -0.39 is 0 Å². The molecule has 1 aromatic heterocycles. The highest BCUT2D eigenvalue weighted by molar-refractivity contribution is 7.11. The summed E-state index contributed by atoms with van der Waals surface area (Å²) in [7, 11) is 0. The molecule has 2 heterocycles. The Kier molecular flexibility index (Phi) is 4.69. The number of rotatable bonds is 5. The lowest BCUT2D eigenvalue weighted by Crippen LogP contribution is -2.41. The summed E-state index contributed by atoms with van der Waals surface area (Å²) in [5.74, 6) is 0.212. The summed E-state index contributed by atoms with van der Waals surface area (Å²) in [6.07, 6.45) is 4.97. The predicted octanol–water partition coefficient (Wildman–Crippen LogP) is 1.87. The third kappa shape index (κ3) is 3.53. The minimum absolute atomic E-state index is 0.154. The van der Waals surface area contributed by atoms with E-state index in [0.717, 1.165) is 32.4 Å². The van der Waals surface area contributed by atoms with Crippen LogP contribution in [0.1, 0.15) is 25.7 Å². The summed E-state index contributed by atoms with van der Waals surface area (Å²) in [6.45, 7) is 5.16. The van der Waals surface area contributed by atoms with Crippen LogP contribution in [0.15, 0.2) is 18.2 Å². The van der Waals surface area contributed by atoms with Crippen molar-refractivity contribution in [3.05, 3.63) is 18.2 Å². The van der Waals surface area contributed by atoms with Gasteiger partial charge < -0.3 is 9.64 Å². The third-order valence-corrected chi connectivity index (χ3v) is 3.54. The molecular weight excluding hydrogens is 250 g/mol. The SMILES string of the molecule is C=CCCC(=O)N1CCC(Oc2nncs2)CC1. The Bertz CT molecular complexity index is 386. The molecule has 2 rings (SSSR count). The molecule has 0 atom stereocenters. The number of carbonyl (C=O) groups excluding carboxylic acids is 1. The van der Waals surface area contributed by atoms with E-state index in [0.29, 0.717) is 11.6 Å². The van der Waals surface area contributed by atoms with Gasteiger partial charge in [-0.1, -0.05) is 17.4 Å². The Morgan fingerprint density at radius 3 is 3.00 bits per heavy atom. The molecule has 5 nitrogen and oxygen atoms in total. The van der Waals surface area contributed by atoms with Gasteiger partial charge in [-0.05, 0) is 6.42 Å². The Morgan fingerprint density at radius 2 is 2.39 bits per heavy atom. The summed E-state index contributed by atoms with van der Waals surface area (Å²) in [6, 6.07) is 0. The van der Waals surface area contributed by atoms with Crippen LogP contribution in [-0.4, -0.2) is 40.2 Å². The van der Waals surface area contributed by atoms with Gasteiger partial charge >= 0.3 is 0 Å². The lowest BCUT2D eigenvalue weighted by atomic mass is 10.1. The molecular formula is C12H17N3O2S. The van der Waals surface area contributed by atoms with E-state index in [1.165, 1.54) is 11.3 Å². The van der Waals surface area contributed by atoms with Crippen LogP contribution < -0.4 is 4.74 Å². The van der Waals surface area contributed by atoms with Crippen molar-refractivity contribution in [3.8, 4) is 5.19 Å². The van der Waals surface area contributed by atoms with Crippen LogP contribution in [0, 0.1) is 0 Å². The number of piperidine rings is 1. The number of ether oxygens (including phenoxy) is 1. The molecule has 0 spiro atoms. The van der Waals surface area contributed by atoms with E-state index in [-0.39, 0.29) is 12.0 Å². The number of hydrogen-bond donors (Lipinski definition) is 0. The average Bonchev–Trinajstić information content (AvgIpc) is 2.89. The molecule has 0 unspecified atom stereocenters. The van der Waals surface area contributed by atoms with Crippen molar-refractivity contribution in [1.29, 1.82) is 0 Å². The fourth-order valence-electron chi connectivity index (χ4n) is 1.96. The van der Waals surface area contributed by atoms with Gasteiger partial charge in [0.15, 0.2) is 0 Å². The van der Waals surface area contributed by atoms with Gasteiger partial charge in [0.05, 0.1) is 0 Å². The Balaban J connectivity index is 1.74. The summed E-state index contributed by atoms with van der Waals surface area (Å²) >= 11 is 1.40. The number of allylic oxidation sites excluding steroid dienone is 1. The number of carbonyl (C=O) groups is 1.